The van der Waals surface area contributed by atoms with Gasteiger partial charge in [-0.25, -0.2) is 0 Å². The van der Waals surface area contributed by atoms with E-state index in [0.29, 0.717) is 5.56 Å². The quantitative estimate of drug-likeness (QED) is 0.185. The van der Waals surface area contributed by atoms with Crippen molar-refractivity contribution in [3.8, 4) is 35.1 Å². The minimum Gasteiger partial charge on any atom is -0.508 e. The van der Waals surface area contributed by atoms with Gasteiger partial charge < -0.3 is 20.4 Å². The fraction of sp³-hybridized carbons (Fsp3) is 0.379. The van der Waals surface area contributed by atoms with Crippen LogP contribution in [0.3, 0.4) is 0 Å². The van der Waals surface area contributed by atoms with Crippen LogP contribution in [0.2, 0.25) is 0 Å². The van der Waals surface area contributed by atoms with Crippen molar-refractivity contribution in [2.75, 3.05) is 0 Å². The molecule has 0 aliphatic carbocycles. The first-order valence-electron chi connectivity index (χ1n) is 11.7. The van der Waals surface area contributed by atoms with Crippen LogP contribution < -0.4 is 0 Å². The molecule has 0 aromatic heterocycles. The van der Waals surface area contributed by atoms with Crippen LogP contribution >= 0.6 is 0 Å². The maximum absolute atomic E-state index is 10.7. The lowest BCUT2D eigenvalue weighted by Gasteiger charge is -2.25. The van der Waals surface area contributed by atoms with Crippen molar-refractivity contribution in [2.45, 2.75) is 66.2 Å². The van der Waals surface area contributed by atoms with Gasteiger partial charge in [0.1, 0.15) is 23.0 Å². The number of allylic oxidation sites excluding steroid dienone is 3. The van der Waals surface area contributed by atoms with Crippen LogP contribution in [-0.4, -0.2) is 20.4 Å². The molecule has 0 aliphatic rings. The highest BCUT2D eigenvalue weighted by atomic mass is 16.3. The van der Waals surface area contributed by atoms with E-state index in [1.54, 1.807) is 6.08 Å². The van der Waals surface area contributed by atoms with Crippen LogP contribution in [0.25, 0.3) is 17.2 Å². The highest BCUT2D eigenvalue weighted by Gasteiger charge is 2.24. The lowest BCUT2D eigenvalue weighted by Crippen LogP contribution is -2.15. The summed E-state index contributed by atoms with van der Waals surface area (Å²) in [5.74, 6) is -0.696. The van der Waals surface area contributed by atoms with E-state index < -0.39 is 0 Å². The van der Waals surface area contributed by atoms with E-state index in [0.717, 1.165) is 19.3 Å². The molecule has 2 rings (SSSR count). The molecule has 0 saturated heterocycles. The number of benzene rings is 2. The summed E-state index contributed by atoms with van der Waals surface area (Å²) < 4.78 is 0. The van der Waals surface area contributed by atoms with Gasteiger partial charge in [0.25, 0.3) is 0 Å². The monoisotopic (exact) mass is 474 g/mol. The molecule has 0 saturated carbocycles. The SMILES string of the molecule is CCCC(C)(C)/C=C(\C#N)c1cc(O)c(/C(C#N)=C/c2cc(O)c(C(C)(C)CC)cc2O)cc1O. The summed E-state index contributed by atoms with van der Waals surface area (Å²) in [4.78, 5) is 0. The fourth-order valence-corrected chi connectivity index (χ4v) is 4.05. The van der Waals surface area contributed by atoms with E-state index in [1.165, 1.54) is 30.3 Å². The van der Waals surface area contributed by atoms with Crippen LogP contribution in [0.1, 0.15) is 83.1 Å². The smallest absolute Gasteiger partial charge is 0.125 e. The van der Waals surface area contributed by atoms with Crippen molar-refractivity contribution in [3.63, 3.8) is 0 Å². The largest absolute Gasteiger partial charge is 0.508 e. The zero-order chi connectivity index (χ0) is 26.6. The summed E-state index contributed by atoms with van der Waals surface area (Å²) in [6.07, 6.45) is 5.61. The van der Waals surface area contributed by atoms with Crippen LogP contribution in [-0.2, 0) is 5.41 Å². The molecule has 6 heteroatoms. The highest BCUT2D eigenvalue weighted by Crippen LogP contribution is 2.41. The Morgan fingerprint density at radius 2 is 1.34 bits per heavy atom. The Bertz CT molecular complexity index is 1250. The Morgan fingerprint density at radius 1 is 0.800 bits per heavy atom. The number of nitriles is 2. The van der Waals surface area contributed by atoms with Crippen molar-refractivity contribution in [1.82, 2.24) is 0 Å². The fourth-order valence-electron chi connectivity index (χ4n) is 4.05. The molecule has 4 N–H and O–H groups in total. The summed E-state index contributed by atoms with van der Waals surface area (Å²) in [6, 6.07) is 9.39. The molecular formula is C29H34N2O4. The molecule has 0 aliphatic heterocycles. The van der Waals surface area contributed by atoms with Crippen LogP contribution in [0.4, 0.5) is 0 Å². The third-order valence-electron chi connectivity index (χ3n) is 6.42. The number of rotatable bonds is 8. The second-order valence-electron chi connectivity index (χ2n) is 10.1. The van der Waals surface area contributed by atoms with Crippen LogP contribution in [0.15, 0.2) is 30.3 Å². The standard InChI is InChI=1S/C29H34N2O4/c1-7-9-28(3,4)15-20(17-31)22-13-25(33)21(12-26(22)34)19(16-30)10-18-11-27(35)23(14-24(18)32)29(5,6)8-2/h10-15,32-35H,7-9H2,1-6H3/b19-10+,20-15+. The topological polar surface area (TPSA) is 128 Å². The number of hydrogen-bond acceptors (Lipinski definition) is 6. The molecule has 0 unspecified atom stereocenters. The van der Waals surface area contributed by atoms with E-state index in [9.17, 15) is 30.9 Å². The van der Waals surface area contributed by atoms with Gasteiger partial charge in [-0.3, -0.25) is 0 Å². The van der Waals surface area contributed by atoms with Gasteiger partial charge >= 0.3 is 0 Å². The number of phenolic OH excluding ortho intramolecular Hbond substituents is 4. The van der Waals surface area contributed by atoms with Gasteiger partial charge in [0.05, 0.1) is 23.3 Å². The zero-order valence-corrected chi connectivity index (χ0v) is 21.3. The van der Waals surface area contributed by atoms with E-state index in [4.69, 9.17) is 0 Å². The summed E-state index contributed by atoms with van der Waals surface area (Å²) in [5, 5.41) is 61.9. The summed E-state index contributed by atoms with van der Waals surface area (Å²) in [6.45, 7) is 11.9. The first-order chi connectivity index (χ1) is 16.3. The first kappa shape index (κ1) is 27.3. The minimum atomic E-state index is -0.362. The normalized spacial score (nSPS) is 12.8. The highest BCUT2D eigenvalue weighted by molar-refractivity contribution is 5.94. The molecule has 2 aromatic carbocycles. The molecule has 0 radical (unpaired) electrons. The first-order valence-corrected chi connectivity index (χ1v) is 11.7. The predicted molar refractivity (Wildman–Crippen MR) is 139 cm³/mol. The van der Waals surface area contributed by atoms with E-state index in [1.807, 2.05) is 47.6 Å². The molecule has 0 amide bonds. The average molecular weight is 475 g/mol. The maximum atomic E-state index is 10.7. The van der Waals surface area contributed by atoms with Gasteiger partial charge in [-0.05, 0) is 54.0 Å². The number of nitrogens with zero attached hydrogens (tertiary/aromatic N) is 2. The molecule has 6 nitrogen and oxygen atoms in total. The molecule has 35 heavy (non-hydrogen) atoms. The van der Waals surface area contributed by atoms with Gasteiger partial charge in [-0.2, -0.15) is 10.5 Å². The second-order valence-corrected chi connectivity index (χ2v) is 10.1. The van der Waals surface area contributed by atoms with Crippen LogP contribution in [0.5, 0.6) is 23.0 Å². The van der Waals surface area contributed by atoms with Gasteiger partial charge in [0.15, 0.2) is 0 Å². The average Bonchev–Trinajstić information content (AvgIpc) is 2.79. The predicted octanol–water partition coefficient (Wildman–Crippen LogP) is 6.99. The molecular weight excluding hydrogens is 440 g/mol. The van der Waals surface area contributed by atoms with Gasteiger partial charge in [0, 0.05) is 22.3 Å². The van der Waals surface area contributed by atoms with Crippen molar-refractivity contribution in [1.29, 1.82) is 10.5 Å². The summed E-state index contributed by atoms with van der Waals surface area (Å²) in [7, 11) is 0. The van der Waals surface area contributed by atoms with Gasteiger partial charge in [-0.15, -0.1) is 0 Å². The molecule has 0 atom stereocenters. The maximum Gasteiger partial charge on any atom is 0.125 e. The molecule has 184 valence electrons. The number of hydrogen-bond donors (Lipinski definition) is 4. The second kappa shape index (κ2) is 10.6. The van der Waals surface area contributed by atoms with Gasteiger partial charge in [-0.1, -0.05) is 54.0 Å². The van der Waals surface area contributed by atoms with Gasteiger partial charge in [0.2, 0.25) is 0 Å². The van der Waals surface area contributed by atoms with Crippen molar-refractivity contribution >= 4 is 17.2 Å². The Kier molecular flexibility index (Phi) is 8.26. The van der Waals surface area contributed by atoms with Crippen LogP contribution in [0, 0.1) is 28.1 Å². The molecule has 0 heterocycles. The molecule has 0 bridgehead atoms. The summed E-state index contributed by atoms with van der Waals surface area (Å²) in [5.41, 5.74) is 0.529. The van der Waals surface area contributed by atoms with Crippen molar-refractivity contribution in [3.05, 3.63) is 52.6 Å². The van der Waals surface area contributed by atoms with Crippen molar-refractivity contribution < 1.29 is 20.4 Å². The number of phenols is 4. The Labute approximate surface area is 207 Å². The number of aromatic hydroxyl groups is 4. The Balaban J connectivity index is 2.60. The molecule has 0 fully saturated rings. The Hall–Kier alpha value is -3.90. The lowest BCUT2D eigenvalue weighted by molar-refractivity contribution is 0.419. The molecule has 2 aromatic rings. The van der Waals surface area contributed by atoms with E-state index >= 15 is 0 Å². The van der Waals surface area contributed by atoms with Crippen molar-refractivity contribution in [2.24, 2.45) is 5.41 Å². The third-order valence-corrected chi connectivity index (χ3v) is 6.42. The van der Waals surface area contributed by atoms with E-state index in [2.05, 4.69) is 6.07 Å². The summed E-state index contributed by atoms with van der Waals surface area (Å²) >= 11 is 0. The zero-order valence-electron chi connectivity index (χ0n) is 21.3. The molecule has 0 spiro atoms. The lowest BCUT2D eigenvalue weighted by atomic mass is 9.81. The minimum absolute atomic E-state index is 0.0147. The Morgan fingerprint density at radius 3 is 1.83 bits per heavy atom. The third kappa shape index (κ3) is 6.16. The van der Waals surface area contributed by atoms with E-state index in [-0.39, 0.29) is 61.7 Å².